The number of hydrogen-bond donors (Lipinski definition) is 1. The highest BCUT2D eigenvalue weighted by atomic mass is 32.2. The molecule has 7 heteroatoms. The van der Waals surface area contributed by atoms with E-state index in [4.69, 9.17) is 9.47 Å². The number of ether oxygens (including phenoxy) is 2. The van der Waals surface area contributed by atoms with Crippen molar-refractivity contribution in [3.8, 4) is 0 Å². The van der Waals surface area contributed by atoms with Gasteiger partial charge in [0.2, 0.25) is 0 Å². The van der Waals surface area contributed by atoms with E-state index < -0.39 is 0 Å². The van der Waals surface area contributed by atoms with Gasteiger partial charge in [-0.3, -0.25) is 9.52 Å². The summed E-state index contributed by atoms with van der Waals surface area (Å²) in [6.45, 7) is 15.3. The molecule has 0 heterocycles. The molecule has 0 aliphatic rings. The Bertz CT molecular complexity index is 708. The normalized spacial score (nSPS) is 11.4. The van der Waals surface area contributed by atoms with Crippen LogP contribution in [-0.2, 0) is 19.1 Å². The standard InChI is InChI=1S/C33H66N2O3S.C14H30O/c1-4-6-15-22-32(23-16-7-5-2)25-31-38-33(37)24-17-11-10-13-19-28-35(29-21-26-34-39-3)27-18-12-8-9-14-20-30-36;1-4-6-8-10-14(12-13-15-3)11-9-7-5-2/h30,32,34H,4-29,31H2,1-3H3;14H,4-13H2,1-3H3. The van der Waals surface area contributed by atoms with Crippen molar-refractivity contribution in [2.75, 3.05) is 52.8 Å². The van der Waals surface area contributed by atoms with Crippen molar-refractivity contribution in [3.63, 3.8) is 0 Å². The van der Waals surface area contributed by atoms with E-state index in [9.17, 15) is 9.59 Å². The highest BCUT2D eigenvalue weighted by Gasteiger charge is 2.11. The van der Waals surface area contributed by atoms with Gasteiger partial charge in [0.05, 0.1) is 6.61 Å². The second-order valence-corrected chi connectivity index (χ2v) is 16.7. The molecule has 0 fully saturated rings. The van der Waals surface area contributed by atoms with Crippen LogP contribution in [-0.4, -0.2) is 69.9 Å². The maximum absolute atomic E-state index is 12.2. The van der Waals surface area contributed by atoms with Crippen LogP contribution in [0.2, 0.25) is 0 Å². The zero-order valence-electron chi connectivity index (χ0n) is 37.4. The van der Waals surface area contributed by atoms with E-state index in [1.807, 2.05) is 7.11 Å². The Hall–Kier alpha value is -0.630. The molecule has 0 saturated carbocycles. The monoisotopic (exact) mass is 785 g/mol. The fourth-order valence-corrected chi connectivity index (χ4v) is 7.68. The first-order chi connectivity index (χ1) is 26.5. The van der Waals surface area contributed by atoms with E-state index in [0.717, 1.165) is 57.0 Å². The number of carbonyl (C=O) groups is 2. The molecule has 0 amide bonds. The number of nitrogens with zero attached hydrogens (tertiary/aromatic N) is 1. The molecule has 0 saturated heterocycles. The van der Waals surface area contributed by atoms with E-state index in [-0.39, 0.29) is 5.97 Å². The molecule has 0 aromatic heterocycles. The van der Waals surface area contributed by atoms with Gasteiger partial charge in [0.25, 0.3) is 0 Å². The molecule has 0 unspecified atom stereocenters. The molecule has 0 atom stereocenters. The Morgan fingerprint density at radius 2 is 1.02 bits per heavy atom. The largest absolute Gasteiger partial charge is 0.466 e. The number of rotatable bonds is 43. The maximum Gasteiger partial charge on any atom is 0.305 e. The molecule has 6 nitrogen and oxygen atoms in total. The second kappa shape index (κ2) is 48.5. The molecular weight excluding hydrogens is 689 g/mol. The minimum absolute atomic E-state index is 0.00653. The highest BCUT2D eigenvalue weighted by molar-refractivity contribution is 7.96. The summed E-state index contributed by atoms with van der Waals surface area (Å²) in [6, 6.07) is 0. The first-order valence-electron chi connectivity index (χ1n) is 23.6. The third kappa shape index (κ3) is 44.1. The molecule has 0 radical (unpaired) electrons. The minimum Gasteiger partial charge on any atom is -0.466 e. The molecule has 324 valence electrons. The van der Waals surface area contributed by atoms with Crippen LogP contribution < -0.4 is 4.72 Å². The van der Waals surface area contributed by atoms with Crippen molar-refractivity contribution in [1.82, 2.24) is 9.62 Å². The fraction of sp³-hybridized carbons (Fsp3) is 0.957. The van der Waals surface area contributed by atoms with Crippen molar-refractivity contribution in [3.05, 3.63) is 0 Å². The molecule has 0 spiro atoms. The van der Waals surface area contributed by atoms with Crippen LogP contribution in [0.3, 0.4) is 0 Å². The lowest BCUT2D eigenvalue weighted by molar-refractivity contribution is -0.144. The van der Waals surface area contributed by atoms with Gasteiger partial charge in [-0.15, -0.1) is 0 Å². The molecular formula is C47H96N2O4S. The predicted octanol–water partition coefficient (Wildman–Crippen LogP) is 13.9. The SMILES string of the molecule is CCCCCC(CCCCC)CCOC.CCCCCC(CCCCC)CCOC(=O)CCCCCCCN(CCCCCCCC=O)CCCNSC. The summed E-state index contributed by atoms with van der Waals surface area (Å²) >= 11 is 1.70. The van der Waals surface area contributed by atoms with Gasteiger partial charge < -0.3 is 19.2 Å². The molecule has 0 aliphatic heterocycles. The number of methoxy groups -OCH3 is 1. The average molecular weight is 785 g/mol. The Kier molecular flexibility index (Phi) is 49.8. The summed E-state index contributed by atoms with van der Waals surface area (Å²) in [7, 11) is 1.81. The highest BCUT2D eigenvalue weighted by Crippen LogP contribution is 2.22. The number of nitrogens with one attached hydrogen (secondary N) is 1. The molecule has 0 aliphatic carbocycles. The Morgan fingerprint density at radius 3 is 1.48 bits per heavy atom. The maximum atomic E-state index is 12.2. The van der Waals surface area contributed by atoms with Gasteiger partial charge in [-0.25, -0.2) is 0 Å². The Balaban J connectivity index is 0. The second-order valence-electron chi connectivity index (χ2n) is 16.0. The van der Waals surface area contributed by atoms with Gasteiger partial charge in [0.1, 0.15) is 6.29 Å². The third-order valence-electron chi connectivity index (χ3n) is 10.9. The van der Waals surface area contributed by atoms with Crippen molar-refractivity contribution in [2.45, 2.75) is 227 Å². The molecule has 54 heavy (non-hydrogen) atoms. The van der Waals surface area contributed by atoms with E-state index in [0.29, 0.717) is 19.4 Å². The van der Waals surface area contributed by atoms with Crippen molar-refractivity contribution < 1.29 is 19.1 Å². The molecule has 0 bridgehead atoms. The summed E-state index contributed by atoms with van der Waals surface area (Å²) in [5.74, 6) is 1.65. The van der Waals surface area contributed by atoms with E-state index in [1.54, 1.807) is 11.9 Å². The first-order valence-corrected chi connectivity index (χ1v) is 24.8. The van der Waals surface area contributed by atoms with Gasteiger partial charge in [0.15, 0.2) is 0 Å². The number of hydrogen-bond acceptors (Lipinski definition) is 7. The summed E-state index contributed by atoms with van der Waals surface area (Å²) in [5.41, 5.74) is 0. The van der Waals surface area contributed by atoms with Crippen molar-refractivity contribution in [1.29, 1.82) is 0 Å². The van der Waals surface area contributed by atoms with Crippen LogP contribution in [0.25, 0.3) is 0 Å². The minimum atomic E-state index is 0.00653. The lowest BCUT2D eigenvalue weighted by Gasteiger charge is -2.22. The molecule has 0 rings (SSSR count). The lowest BCUT2D eigenvalue weighted by atomic mass is 9.92. The van der Waals surface area contributed by atoms with Crippen molar-refractivity contribution in [2.24, 2.45) is 11.8 Å². The van der Waals surface area contributed by atoms with Gasteiger partial charge in [-0.1, -0.05) is 181 Å². The third-order valence-corrected chi connectivity index (χ3v) is 11.4. The number of carbonyl (C=O) groups excluding carboxylic acids is 2. The Morgan fingerprint density at radius 1 is 0.574 bits per heavy atom. The van der Waals surface area contributed by atoms with Crippen LogP contribution in [0.15, 0.2) is 0 Å². The van der Waals surface area contributed by atoms with Crippen LogP contribution in [0.4, 0.5) is 0 Å². The van der Waals surface area contributed by atoms with Crippen LogP contribution in [0, 0.1) is 11.8 Å². The van der Waals surface area contributed by atoms with Gasteiger partial charge in [-0.05, 0) is 82.7 Å². The summed E-state index contributed by atoms with van der Waals surface area (Å²) < 4.78 is 14.2. The van der Waals surface area contributed by atoms with E-state index >= 15 is 0 Å². The van der Waals surface area contributed by atoms with Gasteiger partial charge >= 0.3 is 5.97 Å². The van der Waals surface area contributed by atoms with E-state index in [1.165, 1.54) is 180 Å². The fourth-order valence-electron chi connectivity index (χ4n) is 7.33. The van der Waals surface area contributed by atoms with Crippen molar-refractivity contribution >= 4 is 24.2 Å². The quantitative estimate of drug-likeness (QED) is 0.0286. The summed E-state index contributed by atoms with van der Waals surface area (Å²) in [4.78, 5) is 25.3. The first kappa shape index (κ1) is 55.5. The zero-order valence-corrected chi connectivity index (χ0v) is 38.2. The van der Waals surface area contributed by atoms with Crippen LogP contribution in [0.5, 0.6) is 0 Å². The van der Waals surface area contributed by atoms with Gasteiger partial charge in [0, 0.05) is 33.1 Å². The predicted molar refractivity (Wildman–Crippen MR) is 240 cm³/mol. The van der Waals surface area contributed by atoms with Crippen LogP contribution in [0.1, 0.15) is 227 Å². The lowest BCUT2D eigenvalue weighted by Crippen LogP contribution is -2.28. The number of unbranched alkanes of at least 4 members (excludes halogenated alkanes) is 17. The topological polar surface area (TPSA) is 67.9 Å². The van der Waals surface area contributed by atoms with E-state index in [2.05, 4.69) is 43.6 Å². The Labute approximate surface area is 343 Å². The number of aldehydes is 1. The van der Waals surface area contributed by atoms with Crippen LogP contribution >= 0.6 is 11.9 Å². The zero-order chi connectivity index (χ0) is 40.0. The summed E-state index contributed by atoms with van der Waals surface area (Å²) in [6.07, 6.45) is 41.3. The van der Waals surface area contributed by atoms with Gasteiger partial charge in [-0.2, -0.15) is 0 Å². The summed E-state index contributed by atoms with van der Waals surface area (Å²) in [5, 5.41) is 0. The molecule has 1 N–H and O–H groups in total. The average Bonchev–Trinajstić information content (AvgIpc) is 3.17. The smallest absolute Gasteiger partial charge is 0.305 e. The molecule has 0 aromatic carbocycles. The molecule has 0 aromatic rings. The number of esters is 1.